The van der Waals surface area contributed by atoms with Crippen LogP contribution in [0.3, 0.4) is 0 Å². The summed E-state index contributed by atoms with van der Waals surface area (Å²) in [6, 6.07) is 0. The van der Waals surface area contributed by atoms with E-state index < -0.39 is 5.97 Å². The summed E-state index contributed by atoms with van der Waals surface area (Å²) in [4.78, 5) is 17.9. The van der Waals surface area contributed by atoms with Crippen molar-refractivity contribution in [1.29, 1.82) is 0 Å². The number of piperidine rings is 2. The van der Waals surface area contributed by atoms with Crippen molar-refractivity contribution in [3.8, 4) is 0 Å². The molecule has 4 aliphatic heterocycles. The summed E-state index contributed by atoms with van der Waals surface area (Å²) >= 11 is 0. The van der Waals surface area contributed by atoms with Crippen LogP contribution in [0.1, 0.15) is 25.7 Å². The summed E-state index contributed by atoms with van der Waals surface area (Å²) in [5.74, 6) is -1.43. The zero-order valence-electron chi connectivity index (χ0n) is 15.1. The molecule has 2 spiro atoms. The highest BCUT2D eigenvalue weighted by Crippen LogP contribution is 2.36. The minimum Gasteiger partial charge on any atom is -0.476 e. The molecule has 4 fully saturated rings. The number of carboxylic acids is 1. The number of aliphatic hydroxyl groups is 1. The molecule has 0 aliphatic carbocycles. The minimum absolute atomic E-state index is 0.167. The smallest absolute Gasteiger partial charge is 0.368 e. The number of ether oxygens (including phenoxy) is 2. The van der Waals surface area contributed by atoms with Gasteiger partial charge >= 0.3 is 5.97 Å². The molecule has 8 heteroatoms. The molecule has 0 aromatic heterocycles. The number of carbonyl (C=O) groups is 2. The van der Waals surface area contributed by atoms with E-state index in [1.54, 1.807) is 0 Å². The summed E-state index contributed by atoms with van der Waals surface area (Å²) in [5.41, 5.74) is 1.23. The number of aldehydes is 1. The molecule has 0 bridgehead atoms. The monoisotopic (exact) mass is 360 g/mol. The average molecular weight is 360 g/mol. The Bertz CT molecular complexity index is 353. The highest BCUT2D eigenvalue weighted by Gasteiger charge is 2.39. The lowest BCUT2D eigenvalue weighted by Gasteiger charge is -2.44. The average Bonchev–Trinajstić information content (AvgIpc) is 2.63. The maximum Gasteiger partial charge on any atom is 0.368 e. The molecule has 4 heterocycles. The molecule has 0 saturated carbocycles. The normalized spacial score (nSPS) is 24.6. The number of hydrogen-bond donors (Lipinski definition) is 4. The standard InChI is InChI=1S/2C7H13NO.C2H2O3.CH4O/c2*1-3-8-4-2-7(1)5-9-6-7;3-1-2(4)5;1-2/h2*8H,1-6H2;1H,(H,4,5);2H,1H3. The molecule has 0 aromatic carbocycles. The van der Waals surface area contributed by atoms with Crippen molar-refractivity contribution < 1.29 is 29.3 Å². The third-order valence-corrected chi connectivity index (χ3v) is 5.06. The fourth-order valence-corrected chi connectivity index (χ4v) is 3.27. The predicted molar refractivity (Wildman–Crippen MR) is 92.6 cm³/mol. The Morgan fingerprint density at radius 3 is 1.24 bits per heavy atom. The number of carboxylic acid groups (broad SMARTS) is 1. The van der Waals surface area contributed by atoms with Crippen molar-refractivity contribution in [3.63, 3.8) is 0 Å². The molecule has 4 rings (SSSR count). The summed E-state index contributed by atoms with van der Waals surface area (Å²) in [5, 5.41) is 21.1. The van der Waals surface area contributed by atoms with Crippen molar-refractivity contribution in [2.75, 3.05) is 59.7 Å². The highest BCUT2D eigenvalue weighted by molar-refractivity contribution is 6.19. The Morgan fingerprint density at radius 2 is 1.12 bits per heavy atom. The van der Waals surface area contributed by atoms with Gasteiger partial charge in [-0.3, -0.25) is 4.79 Å². The van der Waals surface area contributed by atoms with Crippen LogP contribution in [0.5, 0.6) is 0 Å². The second-order valence-corrected chi connectivity index (χ2v) is 6.94. The topological polar surface area (TPSA) is 117 Å². The number of rotatable bonds is 1. The Kier molecular flexibility index (Phi) is 10.1. The molecular formula is C17H32N2O6. The summed E-state index contributed by atoms with van der Waals surface area (Å²) in [6.07, 6.45) is 5.14. The summed E-state index contributed by atoms with van der Waals surface area (Å²) < 4.78 is 10.4. The van der Waals surface area contributed by atoms with E-state index in [1.165, 1.54) is 51.9 Å². The van der Waals surface area contributed by atoms with Gasteiger partial charge in [-0.15, -0.1) is 0 Å². The number of hydrogen-bond acceptors (Lipinski definition) is 7. The van der Waals surface area contributed by atoms with Crippen molar-refractivity contribution in [3.05, 3.63) is 0 Å². The molecule has 8 nitrogen and oxygen atoms in total. The van der Waals surface area contributed by atoms with Crippen LogP contribution in [0, 0.1) is 10.8 Å². The molecule has 146 valence electrons. The third kappa shape index (κ3) is 7.37. The van der Waals surface area contributed by atoms with E-state index in [1.807, 2.05) is 0 Å². The van der Waals surface area contributed by atoms with Gasteiger partial charge in [0.2, 0.25) is 6.29 Å². The number of carbonyl (C=O) groups excluding carboxylic acids is 1. The highest BCUT2D eigenvalue weighted by atomic mass is 16.5. The molecule has 0 aromatic rings. The van der Waals surface area contributed by atoms with Gasteiger partial charge in [0.1, 0.15) is 0 Å². The molecule has 25 heavy (non-hydrogen) atoms. The quantitative estimate of drug-likeness (QED) is 0.370. The maximum atomic E-state index is 9.00. The fraction of sp³-hybridized carbons (Fsp3) is 0.882. The number of aliphatic hydroxyl groups excluding tert-OH is 1. The zero-order valence-corrected chi connectivity index (χ0v) is 15.1. The largest absolute Gasteiger partial charge is 0.476 e. The maximum absolute atomic E-state index is 9.00. The van der Waals surface area contributed by atoms with Crippen LogP contribution in [-0.2, 0) is 19.1 Å². The van der Waals surface area contributed by atoms with E-state index in [-0.39, 0.29) is 6.29 Å². The van der Waals surface area contributed by atoms with Gasteiger partial charge in [0.05, 0.1) is 26.4 Å². The lowest BCUT2D eigenvalue weighted by Crippen LogP contribution is -2.49. The molecule has 0 radical (unpaired) electrons. The lowest BCUT2D eigenvalue weighted by atomic mass is 9.77. The molecule has 4 N–H and O–H groups in total. The van der Waals surface area contributed by atoms with Crippen LogP contribution in [0.2, 0.25) is 0 Å². The zero-order chi connectivity index (χ0) is 18.6. The van der Waals surface area contributed by atoms with E-state index in [0.29, 0.717) is 10.8 Å². The van der Waals surface area contributed by atoms with E-state index in [4.69, 9.17) is 29.3 Å². The first kappa shape index (κ1) is 22.0. The lowest BCUT2D eigenvalue weighted by molar-refractivity contribution is -0.143. The Labute approximate surface area is 149 Å². The second kappa shape index (κ2) is 11.5. The van der Waals surface area contributed by atoms with Gasteiger partial charge in [-0.2, -0.15) is 0 Å². The molecular weight excluding hydrogens is 328 g/mol. The van der Waals surface area contributed by atoms with Crippen LogP contribution < -0.4 is 10.6 Å². The third-order valence-electron chi connectivity index (χ3n) is 5.06. The Balaban J connectivity index is 0.000000187. The first-order valence-corrected chi connectivity index (χ1v) is 8.80. The van der Waals surface area contributed by atoms with Gasteiger partial charge in [0.15, 0.2) is 0 Å². The molecule has 0 atom stereocenters. The SMILES string of the molecule is C1CC2(CCN1)COC2.C1CC2(CCN1)COC2.CO.O=CC(=O)O. The van der Waals surface area contributed by atoms with Crippen LogP contribution in [0.4, 0.5) is 0 Å². The first-order chi connectivity index (χ1) is 12.1. The molecule has 0 amide bonds. The molecule has 0 unspecified atom stereocenters. The predicted octanol–water partition coefficient (Wildman–Crippen LogP) is -0.349. The Hall–Kier alpha value is -1.06. The van der Waals surface area contributed by atoms with E-state index in [9.17, 15) is 0 Å². The van der Waals surface area contributed by atoms with Gasteiger partial charge < -0.3 is 30.3 Å². The van der Waals surface area contributed by atoms with Crippen LogP contribution in [0.25, 0.3) is 0 Å². The van der Waals surface area contributed by atoms with E-state index in [2.05, 4.69) is 10.6 Å². The molecule has 4 saturated heterocycles. The van der Waals surface area contributed by atoms with Gasteiger partial charge in [-0.1, -0.05) is 0 Å². The number of nitrogens with one attached hydrogen (secondary N) is 2. The van der Waals surface area contributed by atoms with Crippen molar-refractivity contribution in [2.45, 2.75) is 25.7 Å². The van der Waals surface area contributed by atoms with E-state index >= 15 is 0 Å². The van der Waals surface area contributed by atoms with Gasteiger partial charge in [0, 0.05) is 17.9 Å². The van der Waals surface area contributed by atoms with Gasteiger partial charge in [-0.25, -0.2) is 4.79 Å². The summed E-state index contributed by atoms with van der Waals surface area (Å²) in [6.45, 7) is 8.88. The van der Waals surface area contributed by atoms with Gasteiger partial charge in [0.25, 0.3) is 0 Å². The minimum atomic E-state index is -1.43. The van der Waals surface area contributed by atoms with Crippen molar-refractivity contribution >= 4 is 12.3 Å². The summed E-state index contributed by atoms with van der Waals surface area (Å²) in [7, 11) is 1.00. The fourth-order valence-electron chi connectivity index (χ4n) is 3.27. The van der Waals surface area contributed by atoms with Crippen molar-refractivity contribution in [1.82, 2.24) is 10.6 Å². The van der Waals surface area contributed by atoms with Crippen LogP contribution >= 0.6 is 0 Å². The van der Waals surface area contributed by atoms with Crippen molar-refractivity contribution in [2.24, 2.45) is 10.8 Å². The van der Waals surface area contributed by atoms with Gasteiger partial charge in [-0.05, 0) is 51.9 Å². The second-order valence-electron chi connectivity index (χ2n) is 6.94. The van der Waals surface area contributed by atoms with E-state index in [0.717, 1.165) is 33.5 Å². The van der Waals surface area contributed by atoms with Crippen LogP contribution in [-0.4, -0.2) is 82.2 Å². The van der Waals surface area contributed by atoms with Crippen LogP contribution in [0.15, 0.2) is 0 Å². The molecule has 4 aliphatic rings. The first-order valence-electron chi connectivity index (χ1n) is 8.80. The Morgan fingerprint density at radius 1 is 0.840 bits per heavy atom. The number of aliphatic carboxylic acids is 1.